The quantitative estimate of drug-likeness (QED) is 0.843. The second kappa shape index (κ2) is 5.45. The fourth-order valence-corrected chi connectivity index (χ4v) is 2.61. The minimum Gasteiger partial charge on any atom is -0.338 e. The minimum atomic E-state index is -0.320. The standard InChI is InChI=1S/C15H16FN3O/c16-13-4-2-12(3-5-13)15(20)18-10-6-14(7-11-18)19-9-1-8-17-19/h1-5,8-9,14H,6-7,10-11H2. The number of benzene rings is 1. The lowest BCUT2D eigenvalue weighted by atomic mass is 10.0. The van der Waals surface area contributed by atoms with Crippen LogP contribution in [0.5, 0.6) is 0 Å². The highest BCUT2D eigenvalue weighted by molar-refractivity contribution is 5.94. The fraction of sp³-hybridized carbons (Fsp3) is 0.333. The van der Waals surface area contributed by atoms with Gasteiger partial charge in [-0.05, 0) is 43.2 Å². The molecule has 4 nitrogen and oxygen atoms in total. The number of amides is 1. The third-order valence-corrected chi connectivity index (χ3v) is 3.74. The first-order valence-corrected chi connectivity index (χ1v) is 6.78. The van der Waals surface area contributed by atoms with Crippen molar-refractivity contribution in [3.63, 3.8) is 0 Å². The maximum atomic E-state index is 12.9. The number of halogens is 1. The van der Waals surface area contributed by atoms with E-state index in [0.29, 0.717) is 24.7 Å². The van der Waals surface area contributed by atoms with Crippen LogP contribution in [0.1, 0.15) is 29.2 Å². The van der Waals surface area contributed by atoms with Crippen LogP contribution >= 0.6 is 0 Å². The van der Waals surface area contributed by atoms with Crippen molar-refractivity contribution in [2.75, 3.05) is 13.1 Å². The second-order valence-corrected chi connectivity index (χ2v) is 5.02. The van der Waals surface area contributed by atoms with Crippen LogP contribution in [0.15, 0.2) is 42.7 Å². The molecule has 20 heavy (non-hydrogen) atoms. The maximum absolute atomic E-state index is 12.9. The lowest BCUT2D eigenvalue weighted by Gasteiger charge is -2.32. The number of rotatable bonds is 2. The molecule has 0 atom stereocenters. The van der Waals surface area contributed by atoms with E-state index in [1.54, 1.807) is 6.20 Å². The summed E-state index contributed by atoms with van der Waals surface area (Å²) >= 11 is 0. The van der Waals surface area contributed by atoms with Gasteiger partial charge in [-0.25, -0.2) is 4.39 Å². The lowest BCUT2D eigenvalue weighted by molar-refractivity contribution is 0.0690. The number of likely N-dealkylation sites (tertiary alicyclic amines) is 1. The van der Waals surface area contributed by atoms with E-state index < -0.39 is 0 Å². The SMILES string of the molecule is O=C(c1ccc(F)cc1)N1CCC(n2cccn2)CC1. The third-order valence-electron chi connectivity index (χ3n) is 3.74. The van der Waals surface area contributed by atoms with Crippen molar-refractivity contribution in [3.05, 3.63) is 54.1 Å². The van der Waals surface area contributed by atoms with Gasteiger partial charge >= 0.3 is 0 Å². The molecule has 0 radical (unpaired) electrons. The molecular weight excluding hydrogens is 257 g/mol. The zero-order chi connectivity index (χ0) is 13.9. The Morgan fingerprint density at radius 2 is 1.90 bits per heavy atom. The summed E-state index contributed by atoms with van der Waals surface area (Å²) < 4.78 is 14.8. The van der Waals surface area contributed by atoms with Crippen molar-refractivity contribution in [1.29, 1.82) is 0 Å². The predicted octanol–water partition coefficient (Wildman–Crippen LogP) is 2.50. The van der Waals surface area contributed by atoms with Crippen molar-refractivity contribution in [3.8, 4) is 0 Å². The molecule has 0 unspecified atom stereocenters. The van der Waals surface area contributed by atoms with Crippen molar-refractivity contribution in [2.24, 2.45) is 0 Å². The molecule has 0 aliphatic carbocycles. The summed E-state index contributed by atoms with van der Waals surface area (Å²) in [6.45, 7) is 1.42. The van der Waals surface area contributed by atoms with E-state index in [9.17, 15) is 9.18 Å². The van der Waals surface area contributed by atoms with Crippen molar-refractivity contribution >= 4 is 5.91 Å². The Balaban J connectivity index is 1.63. The van der Waals surface area contributed by atoms with Crippen LogP contribution in [0.25, 0.3) is 0 Å². The van der Waals surface area contributed by atoms with Crippen molar-refractivity contribution < 1.29 is 9.18 Å². The topological polar surface area (TPSA) is 38.1 Å². The van der Waals surface area contributed by atoms with Gasteiger partial charge < -0.3 is 4.90 Å². The van der Waals surface area contributed by atoms with Gasteiger partial charge in [0.1, 0.15) is 5.82 Å². The number of piperidine rings is 1. The van der Waals surface area contributed by atoms with Crippen LogP contribution in [0.4, 0.5) is 4.39 Å². The Morgan fingerprint density at radius 3 is 2.50 bits per heavy atom. The van der Waals surface area contributed by atoms with Gasteiger partial charge in [0.15, 0.2) is 0 Å². The molecule has 0 spiro atoms. The molecule has 1 saturated heterocycles. The van der Waals surface area contributed by atoms with E-state index in [0.717, 1.165) is 12.8 Å². The van der Waals surface area contributed by atoms with Gasteiger partial charge in [-0.3, -0.25) is 9.48 Å². The van der Waals surface area contributed by atoms with Crippen molar-refractivity contribution in [1.82, 2.24) is 14.7 Å². The number of carbonyl (C=O) groups is 1. The number of nitrogens with zero attached hydrogens (tertiary/aromatic N) is 3. The van der Waals surface area contributed by atoms with E-state index in [-0.39, 0.29) is 11.7 Å². The average Bonchev–Trinajstić information content (AvgIpc) is 3.02. The first-order chi connectivity index (χ1) is 9.74. The summed E-state index contributed by atoms with van der Waals surface area (Å²) in [4.78, 5) is 14.1. The monoisotopic (exact) mass is 273 g/mol. The molecule has 1 aromatic carbocycles. The Labute approximate surface area is 116 Å². The molecule has 1 fully saturated rings. The van der Waals surface area contributed by atoms with E-state index >= 15 is 0 Å². The minimum absolute atomic E-state index is 0.0242. The van der Waals surface area contributed by atoms with Crippen LogP contribution < -0.4 is 0 Å². The summed E-state index contributed by atoms with van der Waals surface area (Å²) in [5, 5.41) is 4.25. The Kier molecular flexibility index (Phi) is 3.50. The van der Waals surface area contributed by atoms with Crippen LogP contribution in [-0.2, 0) is 0 Å². The van der Waals surface area contributed by atoms with Gasteiger partial charge in [0.25, 0.3) is 5.91 Å². The Hall–Kier alpha value is -2.17. The number of aromatic nitrogens is 2. The van der Waals surface area contributed by atoms with Crippen LogP contribution in [0, 0.1) is 5.82 Å². The molecule has 104 valence electrons. The molecule has 2 heterocycles. The molecule has 3 rings (SSSR count). The van der Waals surface area contributed by atoms with E-state index in [1.165, 1.54) is 24.3 Å². The molecule has 5 heteroatoms. The summed E-state index contributed by atoms with van der Waals surface area (Å²) in [6.07, 6.45) is 5.53. The molecule has 1 amide bonds. The smallest absolute Gasteiger partial charge is 0.253 e. The first kappa shape index (κ1) is 12.8. The van der Waals surface area contributed by atoms with Crippen LogP contribution in [0.3, 0.4) is 0 Å². The summed E-state index contributed by atoms with van der Waals surface area (Å²) in [7, 11) is 0. The molecule has 1 aliphatic heterocycles. The molecule has 0 bridgehead atoms. The van der Waals surface area contributed by atoms with Crippen LogP contribution in [-0.4, -0.2) is 33.7 Å². The normalized spacial score (nSPS) is 16.4. The molecule has 0 saturated carbocycles. The van der Waals surface area contributed by atoms with Gasteiger partial charge in [-0.2, -0.15) is 5.10 Å². The maximum Gasteiger partial charge on any atom is 0.253 e. The zero-order valence-electron chi connectivity index (χ0n) is 11.1. The van der Waals surface area contributed by atoms with Crippen molar-refractivity contribution in [2.45, 2.75) is 18.9 Å². The predicted molar refractivity (Wildman–Crippen MR) is 72.8 cm³/mol. The highest BCUT2D eigenvalue weighted by Crippen LogP contribution is 2.22. The highest BCUT2D eigenvalue weighted by atomic mass is 19.1. The number of hydrogen-bond acceptors (Lipinski definition) is 2. The number of carbonyl (C=O) groups excluding carboxylic acids is 1. The molecule has 1 aliphatic rings. The largest absolute Gasteiger partial charge is 0.338 e. The lowest BCUT2D eigenvalue weighted by Crippen LogP contribution is -2.39. The average molecular weight is 273 g/mol. The molecule has 1 aromatic heterocycles. The van der Waals surface area contributed by atoms with E-state index in [1.807, 2.05) is 21.8 Å². The van der Waals surface area contributed by atoms with Gasteiger partial charge in [-0.1, -0.05) is 0 Å². The summed E-state index contributed by atoms with van der Waals surface area (Å²) in [5.41, 5.74) is 0.545. The van der Waals surface area contributed by atoms with E-state index in [2.05, 4.69) is 5.10 Å². The summed E-state index contributed by atoms with van der Waals surface area (Å²) in [6, 6.07) is 8.00. The fourth-order valence-electron chi connectivity index (χ4n) is 2.61. The summed E-state index contributed by atoms with van der Waals surface area (Å²) in [5.74, 6) is -0.345. The zero-order valence-corrected chi connectivity index (χ0v) is 11.1. The highest BCUT2D eigenvalue weighted by Gasteiger charge is 2.24. The van der Waals surface area contributed by atoms with Crippen LogP contribution in [0.2, 0.25) is 0 Å². The third kappa shape index (κ3) is 2.57. The van der Waals surface area contributed by atoms with Gasteiger partial charge in [0, 0.05) is 31.0 Å². The first-order valence-electron chi connectivity index (χ1n) is 6.78. The number of hydrogen-bond donors (Lipinski definition) is 0. The van der Waals surface area contributed by atoms with Gasteiger partial charge in [0.2, 0.25) is 0 Å². The molecular formula is C15H16FN3O. The molecule has 2 aromatic rings. The van der Waals surface area contributed by atoms with E-state index in [4.69, 9.17) is 0 Å². The molecule has 0 N–H and O–H groups in total. The Morgan fingerprint density at radius 1 is 1.20 bits per heavy atom. The second-order valence-electron chi connectivity index (χ2n) is 5.02. The Bertz CT molecular complexity index is 572. The van der Waals surface area contributed by atoms with Gasteiger partial charge in [-0.15, -0.1) is 0 Å². The van der Waals surface area contributed by atoms with Gasteiger partial charge in [0.05, 0.1) is 6.04 Å².